The first-order valence-corrected chi connectivity index (χ1v) is 7.19. The second kappa shape index (κ2) is 6.01. The average molecular weight is 405 g/mol. The summed E-state index contributed by atoms with van der Waals surface area (Å²) >= 11 is 6.19. The number of benzene rings is 2. The highest BCUT2D eigenvalue weighted by Gasteiger charge is 2.18. The Morgan fingerprint density at radius 3 is 2.55 bits per heavy atom. The number of hydrogen-bond donors (Lipinski definition) is 1. The van der Waals surface area contributed by atoms with Crippen molar-refractivity contribution in [2.24, 2.45) is 0 Å². The molecule has 2 rings (SSSR count). The van der Waals surface area contributed by atoms with Gasteiger partial charge in [-0.15, -0.1) is 0 Å². The third kappa shape index (κ3) is 3.07. The van der Waals surface area contributed by atoms with Gasteiger partial charge in [0.1, 0.15) is 11.6 Å². The van der Waals surface area contributed by atoms with Crippen LogP contribution < -0.4 is 5.73 Å². The van der Waals surface area contributed by atoms with Crippen molar-refractivity contribution in [1.82, 2.24) is 0 Å². The zero-order chi connectivity index (χ0) is 14.9. The lowest BCUT2D eigenvalue weighted by Crippen LogP contribution is -2.10. The molecule has 6 heteroatoms. The predicted octanol–water partition coefficient (Wildman–Crippen LogP) is 4.50. The second-order valence-electron chi connectivity index (χ2n) is 4.15. The van der Waals surface area contributed by atoms with E-state index in [9.17, 15) is 13.6 Å². The molecule has 0 saturated heterocycles. The van der Waals surface area contributed by atoms with Crippen LogP contribution in [0, 0.1) is 11.6 Å². The van der Waals surface area contributed by atoms with Gasteiger partial charge in [-0.25, -0.2) is 8.78 Å². The Kier molecular flexibility index (Phi) is 4.55. The van der Waals surface area contributed by atoms with Crippen molar-refractivity contribution in [3.63, 3.8) is 0 Å². The Hall–Kier alpha value is -1.27. The molecule has 0 heterocycles. The first kappa shape index (κ1) is 15.1. The third-order valence-electron chi connectivity index (χ3n) is 2.79. The number of nitrogens with two attached hydrogens (primary N) is 1. The van der Waals surface area contributed by atoms with Crippen molar-refractivity contribution in [3.8, 4) is 0 Å². The molecular formula is C14H9Br2F2NO. The molecule has 0 saturated carbocycles. The molecule has 0 amide bonds. The van der Waals surface area contributed by atoms with E-state index in [1.807, 2.05) is 0 Å². The number of rotatable bonds is 3. The van der Waals surface area contributed by atoms with Crippen molar-refractivity contribution >= 4 is 43.3 Å². The molecule has 2 aromatic carbocycles. The van der Waals surface area contributed by atoms with Crippen molar-refractivity contribution in [2.45, 2.75) is 6.42 Å². The van der Waals surface area contributed by atoms with E-state index in [4.69, 9.17) is 5.73 Å². The number of anilines is 1. The minimum atomic E-state index is -0.771. The van der Waals surface area contributed by atoms with Gasteiger partial charge in [0.05, 0.1) is 4.47 Å². The van der Waals surface area contributed by atoms with Crippen LogP contribution in [0.2, 0.25) is 0 Å². The molecule has 2 aromatic rings. The highest BCUT2D eigenvalue weighted by Crippen LogP contribution is 2.25. The summed E-state index contributed by atoms with van der Waals surface area (Å²) in [5.74, 6) is -1.97. The summed E-state index contributed by atoms with van der Waals surface area (Å²) in [5.41, 5.74) is 5.94. The maximum absolute atomic E-state index is 13.8. The van der Waals surface area contributed by atoms with Crippen molar-refractivity contribution in [3.05, 3.63) is 62.0 Å². The zero-order valence-electron chi connectivity index (χ0n) is 10.1. The van der Waals surface area contributed by atoms with Gasteiger partial charge in [0, 0.05) is 27.7 Å². The van der Waals surface area contributed by atoms with Crippen molar-refractivity contribution < 1.29 is 13.6 Å². The van der Waals surface area contributed by atoms with E-state index in [2.05, 4.69) is 31.9 Å². The molecule has 0 aromatic heterocycles. The minimum Gasteiger partial charge on any atom is -0.398 e. The number of Topliss-reactive ketones (excluding diaryl/α,β-unsaturated/α-hetero) is 1. The Labute approximate surface area is 131 Å². The molecule has 2 N–H and O–H groups in total. The van der Waals surface area contributed by atoms with Crippen LogP contribution in [-0.2, 0) is 6.42 Å². The molecule has 0 radical (unpaired) electrons. The standard InChI is InChI=1S/C14H9Br2F2NO/c15-7-1-4-12(19)9(5-7)13(20)6-8-11(17)3-2-10(16)14(8)18/h1-5H,6,19H2. The first-order chi connectivity index (χ1) is 9.40. The number of nitrogen functional groups attached to an aromatic ring is 1. The average Bonchev–Trinajstić information content (AvgIpc) is 2.41. The molecule has 20 heavy (non-hydrogen) atoms. The summed E-state index contributed by atoms with van der Waals surface area (Å²) in [6, 6.07) is 7.15. The number of hydrogen-bond acceptors (Lipinski definition) is 2. The van der Waals surface area contributed by atoms with Gasteiger partial charge in [-0.2, -0.15) is 0 Å². The summed E-state index contributed by atoms with van der Waals surface area (Å²) in [6.07, 6.45) is -0.391. The Bertz CT molecular complexity index is 689. The van der Waals surface area contributed by atoms with Crippen LogP contribution in [-0.4, -0.2) is 5.78 Å². The molecule has 0 aliphatic carbocycles. The quantitative estimate of drug-likeness (QED) is 0.465. The molecule has 0 fully saturated rings. The van der Waals surface area contributed by atoms with Crippen LogP contribution in [0.1, 0.15) is 15.9 Å². The van der Waals surface area contributed by atoms with E-state index in [0.29, 0.717) is 4.47 Å². The lowest BCUT2D eigenvalue weighted by Gasteiger charge is -2.08. The lowest BCUT2D eigenvalue weighted by atomic mass is 10.0. The normalized spacial score (nSPS) is 10.6. The van der Waals surface area contributed by atoms with Crippen LogP contribution in [0.5, 0.6) is 0 Å². The zero-order valence-corrected chi connectivity index (χ0v) is 13.3. The number of halogens is 4. The van der Waals surface area contributed by atoms with Crippen LogP contribution in [0.4, 0.5) is 14.5 Å². The molecule has 0 bridgehead atoms. The second-order valence-corrected chi connectivity index (χ2v) is 5.92. The summed E-state index contributed by atoms with van der Waals surface area (Å²) in [4.78, 5) is 12.2. The molecule has 0 spiro atoms. The molecule has 0 atom stereocenters. The number of carbonyl (C=O) groups excluding carboxylic acids is 1. The fourth-order valence-electron chi connectivity index (χ4n) is 1.76. The Balaban J connectivity index is 2.38. The largest absolute Gasteiger partial charge is 0.398 e. The third-order valence-corrected chi connectivity index (χ3v) is 3.90. The van der Waals surface area contributed by atoms with Gasteiger partial charge < -0.3 is 5.73 Å². The molecule has 2 nitrogen and oxygen atoms in total. The summed E-state index contributed by atoms with van der Waals surface area (Å²) in [5, 5.41) is 0. The van der Waals surface area contributed by atoms with Gasteiger partial charge in [-0.05, 0) is 46.3 Å². The fourth-order valence-corrected chi connectivity index (χ4v) is 2.49. The maximum atomic E-state index is 13.8. The molecule has 0 aliphatic rings. The Morgan fingerprint density at radius 2 is 1.85 bits per heavy atom. The Morgan fingerprint density at radius 1 is 1.15 bits per heavy atom. The lowest BCUT2D eigenvalue weighted by molar-refractivity contribution is 0.0991. The summed E-state index contributed by atoms with van der Waals surface area (Å²) in [6.45, 7) is 0. The van der Waals surface area contributed by atoms with Crippen molar-refractivity contribution in [2.75, 3.05) is 5.73 Å². The van der Waals surface area contributed by atoms with Gasteiger partial charge >= 0.3 is 0 Å². The monoisotopic (exact) mass is 403 g/mol. The van der Waals surface area contributed by atoms with Gasteiger partial charge in [0.15, 0.2) is 5.78 Å². The highest BCUT2D eigenvalue weighted by atomic mass is 79.9. The summed E-state index contributed by atoms with van der Waals surface area (Å²) in [7, 11) is 0. The van der Waals surface area contributed by atoms with Crippen molar-refractivity contribution in [1.29, 1.82) is 0 Å². The smallest absolute Gasteiger partial charge is 0.169 e. The molecule has 0 aliphatic heterocycles. The summed E-state index contributed by atoms with van der Waals surface area (Å²) < 4.78 is 28.3. The SMILES string of the molecule is Nc1ccc(Br)cc1C(=O)Cc1c(F)ccc(Br)c1F. The van der Waals surface area contributed by atoms with E-state index in [1.165, 1.54) is 12.1 Å². The number of ketones is 1. The highest BCUT2D eigenvalue weighted by molar-refractivity contribution is 9.10. The van der Waals surface area contributed by atoms with Crippen LogP contribution in [0.25, 0.3) is 0 Å². The van der Waals surface area contributed by atoms with E-state index in [0.717, 1.165) is 6.07 Å². The molecular weight excluding hydrogens is 396 g/mol. The van der Waals surface area contributed by atoms with E-state index >= 15 is 0 Å². The molecule has 0 unspecified atom stereocenters. The van der Waals surface area contributed by atoms with E-state index in [1.54, 1.807) is 12.1 Å². The van der Waals surface area contributed by atoms with E-state index in [-0.39, 0.29) is 21.3 Å². The minimum absolute atomic E-state index is 0.115. The van der Waals surface area contributed by atoms with Crippen LogP contribution in [0.15, 0.2) is 39.3 Å². The van der Waals surface area contributed by atoms with Gasteiger partial charge in [-0.3, -0.25) is 4.79 Å². The van der Waals surface area contributed by atoms with E-state index < -0.39 is 23.8 Å². The fraction of sp³-hybridized carbons (Fsp3) is 0.0714. The maximum Gasteiger partial charge on any atom is 0.169 e. The van der Waals surface area contributed by atoms with Gasteiger partial charge in [0.25, 0.3) is 0 Å². The van der Waals surface area contributed by atoms with Gasteiger partial charge in [-0.1, -0.05) is 15.9 Å². The predicted molar refractivity (Wildman–Crippen MR) is 80.6 cm³/mol. The van der Waals surface area contributed by atoms with Gasteiger partial charge in [0.2, 0.25) is 0 Å². The topological polar surface area (TPSA) is 43.1 Å². The van der Waals surface area contributed by atoms with Crippen LogP contribution >= 0.6 is 31.9 Å². The number of carbonyl (C=O) groups is 1. The van der Waals surface area contributed by atoms with Crippen LogP contribution in [0.3, 0.4) is 0 Å². The molecule has 104 valence electrons. The first-order valence-electron chi connectivity index (χ1n) is 5.60.